The smallest absolute Gasteiger partial charge is 0.337 e. The Morgan fingerprint density at radius 3 is 2.52 bits per heavy atom. The number of aromatic nitrogens is 2. The molecule has 4 aromatic carbocycles. The van der Waals surface area contributed by atoms with Crippen molar-refractivity contribution in [1.82, 2.24) is 9.55 Å². The van der Waals surface area contributed by atoms with E-state index in [4.69, 9.17) is 4.74 Å². The second-order valence-electron chi connectivity index (χ2n) is 6.92. The summed E-state index contributed by atoms with van der Waals surface area (Å²) in [5, 5.41) is 2.09. The van der Waals surface area contributed by atoms with Crippen LogP contribution < -0.4 is 0 Å². The van der Waals surface area contributed by atoms with Gasteiger partial charge in [0.2, 0.25) is 0 Å². The SMILES string of the molecule is COC(=O)c1ccc2cc(-c3cccc(-n4cnc5ccccc54)c3)ccc2c1. The van der Waals surface area contributed by atoms with E-state index in [0.29, 0.717) is 5.56 Å². The van der Waals surface area contributed by atoms with Crippen molar-refractivity contribution in [3.8, 4) is 16.8 Å². The second kappa shape index (κ2) is 6.91. The maximum Gasteiger partial charge on any atom is 0.337 e. The molecule has 5 rings (SSSR count). The van der Waals surface area contributed by atoms with Crippen LogP contribution in [0.3, 0.4) is 0 Å². The van der Waals surface area contributed by atoms with Gasteiger partial charge in [-0.1, -0.05) is 42.5 Å². The minimum absolute atomic E-state index is 0.323. The molecule has 0 aliphatic carbocycles. The van der Waals surface area contributed by atoms with Crippen molar-refractivity contribution in [1.29, 1.82) is 0 Å². The molecule has 0 saturated heterocycles. The number of ether oxygens (including phenoxy) is 1. The second-order valence-corrected chi connectivity index (χ2v) is 6.92. The number of benzene rings is 4. The first-order valence-electron chi connectivity index (χ1n) is 9.38. The van der Waals surface area contributed by atoms with Crippen LogP contribution in [0.15, 0.2) is 91.3 Å². The summed E-state index contributed by atoms with van der Waals surface area (Å²) in [6.07, 6.45) is 1.86. The van der Waals surface area contributed by atoms with Crippen LogP contribution in [-0.2, 0) is 4.74 Å². The average Bonchev–Trinajstić information content (AvgIpc) is 3.22. The normalized spacial score (nSPS) is 11.1. The molecule has 1 aromatic heterocycles. The number of methoxy groups -OCH3 is 1. The predicted octanol–water partition coefficient (Wildman–Crippen LogP) is 5.63. The molecule has 0 aliphatic heterocycles. The molecule has 0 fully saturated rings. The molecule has 0 radical (unpaired) electrons. The average molecular weight is 378 g/mol. The number of nitrogens with zero attached hydrogens (tertiary/aromatic N) is 2. The zero-order valence-electron chi connectivity index (χ0n) is 15.9. The molecule has 0 saturated carbocycles. The van der Waals surface area contributed by atoms with Crippen molar-refractivity contribution >= 4 is 27.8 Å². The molecule has 0 N–H and O–H groups in total. The van der Waals surface area contributed by atoms with Gasteiger partial charge >= 0.3 is 5.97 Å². The number of carbonyl (C=O) groups is 1. The molecule has 5 aromatic rings. The summed E-state index contributed by atoms with van der Waals surface area (Å²) in [5.74, 6) is -0.323. The number of carbonyl (C=O) groups excluding carboxylic acids is 1. The van der Waals surface area contributed by atoms with Gasteiger partial charge in [0.25, 0.3) is 0 Å². The van der Waals surface area contributed by atoms with Crippen LogP contribution in [0.1, 0.15) is 10.4 Å². The van der Waals surface area contributed by atoms with Crippen LogP contribution in [0.5, 0.6) is 0 Å². The predicted molar refractivity (Wildman–Crippen MR) is 115 cm³/mol. The lowest BCUT2D eigenvalue weighted by Gasteiger charge is -2.09. The Bertz CT molecular complexity index is 1370. The third-order valence-corrected chi connectivity index (χ3v) is 5.17. The van der Waals surface area contributed by atoms with Crippen molar-refractivity contribution in [3.05, 3.63) is 96.8 Å². The first kappa shape index (κ1) is 17.2. The van der Waals surface area contributed by atoms with Crippen LogP contribution in [-0.4, -0.2) is 22.6 Å². The molecule has 0 aliphatic rings. The van der Waals surface area contributed by atoms with E-state index in [0.717, 1.165) is 38.6 Å². The summed E-state index contributed by atoms with van der Waals surface area (Å²) in [6, 6.07) is 28.4. The summed E-state index contributed by atoms with van der Waals surface area (Å²) < 4.78 is 6.91. The third-order valence-electron chi connectivity index (χ3n) is 5.17. The minimum Gasteiger partial charge on any atom is -0.465 e. The molecule has 29 heavy (non-hydrogen) atoms. The number of hydrogen-bond acceptors (Lipinski definition) is 3. The Labute approximate surface area is 168 Å². The number of para-hydroxylation sites is 2. The van der Waals surface area contributed by atoms with Gasteiger partial charge in [0, 0.05) is 5.69 Å². The minimum atomic E-state index is -0.323. The highest BCUT2D eigenvalue weighted by molar-refractivity contribution is 5.96. The van der Waals surface area contributed by atoms with E-state index in [1.807, 2.05) is 42.7 Å². The first-order valence-corrected chi connectivity index (χ1v) is 9.38. The Hall–Kier alpha value is -3.92. The monoisotopic (exact) mass is 378 g/mol. The summed E-state index contributed by atoms with van der Waals surface area (Å²) in [4.78, 5) is 16.3. The van der Waals surface area contributed by atoms with E-state index in [-0.39, 0.29) is 5.97 Å². The standard InChI is InChI=1S/C25H18N2O2/c1-29-25(28)21-12-11-19-13-18(9-10-20(19)14-21)17-5-4-6-22(15-17)27-16-26-23-7-2-3-8-24(23)27/h2-16H,1H3. The topological polar surface area (TPSA) is 44.1 Å². The van der Waals surface area contributed by atoms with Gasteiger partial charge in [-0.3, -0.25) is 4.57 Å². The Morgan fingerprint density at radius 2 is 1.62 bits per heavy atom. The van der Waals surface area contributed by atoms with Crippen molar-refractivity contribution in [2.75, 3.05) is 7.11 Å². The van der Waals surface area contributed by atoms with Gasteiger partial charge in [0.05, 0.1) is 23.7 Å². The number of rotatable bonds is 3. The number of esters is 1. The van der Waals surface area contributed by atoms with Gasteiger partial charge in [0.1, 0.15) is 6.33 Å². The van der Waals surface area contributed by atoms with E-state index < -0.39 is 0 Å². The molecule has 0 spiro atoms. The number of hydrogen-bond donors (Lipinski definition) is 0. The van der Waals surface area contributed by atoms with E-state index in [9.17, 15) is 4.79 Å². The van der Waals surface area contributed by atoms with Crippen LogP contribution >= 0.6 is 0 Å². The third kappa shape index (κ3) is 3.05. The fraction of sp³-hybridized carbons (Fsp3) is 0.0400. The van der Waals surface area contributed by atoms with Gasteiger partial charge in [-0.05, 0) is 64.4 Å². The number of fused-ring (bicyclic) bond motifs is 2. The Morgan fingerprint density at radius 1 is 0.828 bits per heavy atom. The van der Waals surface area contributed by atoms with Crippen LogP contribution in [0, 0.1) is 0 Å². The quantitative estimate of drug-likeness (QED) is 0.382. The molecule has 4 heteroatoms. The fourth-order valence-electron chi connectivity index (χ4n) is 3.67. The highest BCUT2D eigenvalue weighted by Crippen LogP contribution is 2.28. The molecule has 0 bridgehead atoms. The largest absolute Gasteiger partial charge is 0.465 e. The lowest BCUT2D eigenvalue weighted by molar-refractivity contribution is 0.0601. The molecule has 1 heterocycles. The lowest BCUT2D eigenvalue weighted by Crippen LogP contribution is -2.00. The van der Waals surface area contributed by atoms with E-state index >= 15 is 0 Å². The summed E-state index contributed by atoms with van der Waals surface area (Å²) in [6.45, 7) is 0. The van der Waals surface area contributed by atoms with Gasteiger partial charge in [-0.15, -0.1) is 0 Å². The molecule has 140 valence electrons. The van der Waals surface area contributed by atoms with Crippen molar-refractivity contribution < 1.29 is 9.53 Å². The molecular formula is C25H18N2O2. The summed E-state index contributed by atoms with van der Waals surface area (Å²) >= 11 is 0. The molecule has 0 atom stereocenters. The van der Waals surface area contributed by atoms with E-state index in [1.54, 1.807) is 6.07 Å². The molecule has 0 amide bonds. The molecule has 0 unspecified atom stereocenters. The zero-order chi connectivity index (χ0) is 19.8. The zero-order valence-corrected chi connectivity index (χ0v) is 15.9. The van der Waals surface area contributed by atoms with Crippen molar-refractivity contribution in [3.63, 3.8) is 0 Å². The fourth-order valence-corrected chi connectivity index (χ4v) is 3.67. The van der Waals surface area contributed by atoms with Gasteiger partial charge < -0.3 is 4.74 Å². The Kier molecular flexibility index (Phi) is 4.10. The van der Waals surface area contributed by atoms with Gasteiger partial charge in [0.15, 0.2) is 0 Å². The Balaban J connectivity index is 1.56. The van der Waals surface area contributed by atoms with Crippen LogP contribution in [0.4, 0.5) is 0 Å². The first-order chi connectivity index (χ1) is 14.2. The van der Waals surface area contributed by atoms with Crippen molar-refractivity contribution in [2.45, 2.75) is 0 Å². The highest BCUT2D eigenvalue weighted by atomic mass is 16.5. The molecule has 4 nitrogen and oxygen atoms in total. The van der Waals surface area contributed by atoms with E-state index in [2.05, 4.69) is 52.0 Å². The van der Waals surface area contributed by atoms with Crippen LogP contribution in [0.25, 0.3) is 38.6 Å². The van der Waals surface area contributed by atoms with E-state index in [1.165, 1.54) is 7.11 Å². The van der Waals surface area contributed by atoms with Gasteiger partial charge in [-0.2, -0.15) is 0 Å². The maximum atomic E-state index is 11.8. The summed E-state index contributed by atoms with van der Waals surface area (Å²) in [5.41, 5.74) is 5.93. The lowest BCUT2D eigenvalue weighted by atomic mass is 9.99. The molecular weight excluding hydrogens is 360 g/mol. The maximum absolute atomic E-state index is 11.8. The number of imidazole rings is 1. The highest BCUT2D eigenvalue weighted by Gasteiger charge is 2.08. The van der Waals surface area contributed by atoms with Crippen molar-refractivity contribution in [2.24, 2.45) is 0 Å². The van der Waals surface area contributed by atoms with Gasteiger partial charge in [-0.25, -0.2) is 9.78 Å². The summed E-state index contributed by atoms with van der Waals surface area (Å²) in [7, 11) is 1.39. The van der Waals surface area contributed by atoms with Crippen LogP contribution in [0.2, 0.25) is 0 Å².